The lowest BCUT2D eigenvalue weighted by molar-refractivity contribution is 0.563. The van der Waals surface area contributed by atoms with Gasteiger partial charge in [-0.05, 0) is 29.8 Å². The molecule has 0 aliphatic rings. The Labute approximate surface area is 115 Å². The van der Waals surface area contributed by atoms with Crippen molar-refractivity contribution in [3.8, 4) is 0 Å². The lowest BCUT2D eigenvalue weighted by atomic mass is 10.1. The molecule has 0 saturated carbocycles. The van der Waals surface area contributed by atoms with Gasteiger partial charge in [-0.15, -0.1) is 0 Å². The lowest BCUT2D eigenvalue weighted by Crippen LogP contribution is -1.88. The summed E-state index contributed by atoms with van der Waals surface area (Å²) in [7, 11) is 0. The molecule has 1 nitrogen and oxygen atoms in total. The summed E-state index contributed by atoms with van der Waals surface area (Å²) in [6.07, 6.45) is 0.604. The molecule has 0 atom stereocenters. The summed E-state index contributed by atoms with van der Waals surface area (Å²) in [4.78, 5) is 0. The van der Waals surface area contributed by atoms with Crippen molar-refractivity contribution in [1.82, 2.24) is 0 Å². The van der Waals surface area contributed by atoms with Gasteiger partial charge in [0.1, 0.15) is 11.3 Å². The van der Waals surface area contributed by atoms with Gasteiger partial charge >= 0.3 is 0 Å². The molecule has 0 radical (unpaired) electrons. The second kappa shape index (κ2) is 4.68. The summed E-state index contributed by atoms with van der Waals surface area (Å²) in [5.41, 5.74) is 1.79. The molecule has 0 bridgehead atoms. The molecule has 1 heterocycles. The predicted molar refractivity (Wildman–Crippen MR) is 75.5 cm³/mol. The minimum absolute atomic E-state index is 0.604. The minimum atomic E-state index is 0.604. The van der Waals surface area contributed by atoms with Crippen molar-refractivity contribution in [3.63, 3.8) is 0 Å². The summed E-state index contributed by atoms with van der Waals surface area (Å²) in [5.74, 6) is 0.867. The van der Waals surface area contributed by atoms with E-state index >= 15 is 0 Å². The van der Waals surface area contributed by atoms with Crippen LogP contribution in [-0.4, -0.2) is 0 Å². The van der Waals surface area contributed by atoms with Crippen LogP contribution in [0, 0.1) is 0 Å². The molecule has 0 fully saturated rings. The number of hydrogen-bond donors (Lipinski definition) is 0. The number of para-hydroxylation sites is 1. The van der Waals surface area contributed by atoms with E-state index in [9.17, 15) is 0 Å². The molecule has 0 saturated heterocycles. The van der Waals surface area contributed by atoms with Gasteiger partial charge < -0.3 is 4.42 Å². The van der Waals surface area contributed by atoms with E-state index in [1.54, 1.807) is 0 Å². The van der Waals surface area contributed by atoms with Crippen molar-refractivity contribution < 1.29 is 4.42 Å². The van der Waals surface area contributed by atoms with Gasteiger partial charge in [-0.25, -0.2) is 0 Å². The minimum Gasteiger partial charge on any atom is -0.461 e. The lowest BCUT2D eigenvalue weighted by Gasteiger charge is -2.04. The first-order valence-corrected chi connectivity index (χ1v) is 6.40. The summed E-state index contributed by atoms with van der Waals surface area (Å²) in [6.45, 7) is 0. The molecule has 0 aliphatic heterocycles. The molecule has 2 aromatic carbocycles. The molecule has 0 aliphatic carbocycles. The normalized spacial score (nSPS) is 11.0. The zero-order valence-corrected chi connectivity index (χ0v) is 11.0. The average Bonchev–Trinajstić information content (AvgIpc) is 2.76. The van der Waals surface area contributed by atoms with Crippen molar-refractivity contribution in [3.05, 3.63) is 69.9 Å². The molecule has 0 amide bonds. The fourth-order valence-electron chi connectivity index (χ4n) is 2.00. The van der Waals surface area contributed by atoms with Crippen molar-refractivity contribution >= 4 is 34.2 Å². The van der Waals surface area contributed by atoms with Crippen LogP contribution in [-0.2, 0) is 6.42 Å². The van der Waals surface area contributed by atoms with Crippen LogP contribution >= 0.6 is 23.2 Å². The van der Waals surface area contributed by atoms with Crippen LogP contribution in [0.15, 0.2) is 52.9 Å². The fourth-order valence-corrected chi connectivity index (χ4v) is 2.53. The van der Waals surface area contributed by atoms with Gasteiger partial charge in [-0.2, -0.15) is 0 Å². The van der Waals surface area contributed by atoms with Gasteiger partial charge in [-0.1, -0.05) is 47.5 Å². The SMILES string of the molecule is Clc1cccc(Cl)c1Cc1cc2ccccc2o1. The van der Waals surface area contributed by atoms with Gasteiger partial charge in [0.25, 0.3) is 0 Å². The highest BCUT2D eigenvalue weighted by atomic mass is 35.5. The highest BCUT2D eigenvalue weighted by Crippen LogP contribution is 2.29. The first-order chi connectivity index (χ1) is 8.74. The van der Waals surface area contributed by atoms with E-state index in [4.69, 9.17) is 27.6 Å². The number of hydrogen-bond acceptors (Lipinski definition) is 1. The zero-order chi connectivity index (χ0) is 12.5. The topological polar surface area (TPSA) is 13.1 Å². The standard InChI is InChI=1S/C15H10Cl2O/c16-13-5-3-6-14(17)12(13)9-11-8-10-4-1-2-7-15(10)18-11/h1-8H,9H2. The second-order valence-corrected chi connectivity index (χ2v) is 4.94. The van der Waals surface area contributed by atoms with Crippen LogP contribution in [0.25, 0.3) is 11.0 Å². The first kappa shape index (κ1) is 11.6. The maximum absolute atomic E-state index is 6.15. The van der Waals surface area contributed by atoms with E-state index in [-0.39, 0.29) is 0 Å². The Morgan fingerprint density at radius 2 is 1.61 bits per heavy atom. The number of fused-ring (bicyclic) bond motifs is 1. The predicted octanol–water partition coefficient (Wildman–Crippen LogP) is 5.33. The molecule has 0 spiro atoms. The summed E-state index contributed by atoms with van der Waals surface area (Å²) >= 11 is 12.3. The Hall–Kier alpha value is -1.44. The van der Waals surface area contributed by atoms with Crippen LogP contribution < -0.4 is 0 Å². The van der Waals surface area contributed by atoms with E-state index < -0.39 is 0 Å². The second-order valence-electron chi connectivity index (χ2n) is 4.13. The van der Waals surface area contributed by atoms with Crippen molar-refractivity contribution in [1.29, 1.82) is 0 Å². The van der Waals surface area contributed by atoms with E-state index in [0.29, 0.717) is 16.5 Å². The van der Waals surface area contributed by atoms with Crippen molar-refractivity contribution in [2.24, 2.45) is 0 Å². The van der Waals surface area contributed by atoms with Crippen LogP contribution in [0.5, 0.6) is 0 Å². The molecule has 0 unspecified atom stereocenters. The summed E-state index contributed by atoms with van der Waals surface area (Å²) in [5, 5.41) is 2.43. The van der Waals surface area contributed by atoms with E-state index in [2.05, 4.69) is 0 Å². The molecule has 1 aromatic heterocycles. The molecule has 0 N–H and O–H groups in total. The third-order valence-corrected chi connectivity index (χ3v) is 3.60. The Balaban J connectivity index is 2.01. The molecule has 3 heteroatoms. The monoisotopic (exact) mass is 276 g/mol. The molecular formula is C15H10Cl2O. The highest BCUT2D eigenvalue weighted by Gasteiger charge is 2.09. The maximum Gasteiger partial charge on any atom is 0.134 e. The number of rotatable bonds is 2. The Morgan fingerprint density at radius 1 is 0.889 bits per heavy atom. The number of furan rings is 1. The Morgan fingerprint density at radius 3 is 2.33 bits per heavy atom. The Kier molecular flexibility index (Phi) is 3.02. The van der Waals surface area contributed by atoms with Crippen LogP contribution in [0.1, 0.15) is 11.3 Å². The van der Waals surface area contributed by atoms with E-state index in [1.165, 1.54) is 0 Å². The average molecular weight is 277 g/mol. The molecule has 3 aromatic rings. The molecule has 90 valence electrons. The smallest absolute Gasteiger partial charge is 0.134 e. The third kappa shape index (κ3) is 2.12. The van der Waals surface area contributed by atoms with Gasteiger partial charge in [0, 0.05) is 21.9 Å². The molecule has 18 heavy (non-hydrogen) atoms. The van der Waals surface area contributed by atoms with Gasteiger partial charge in [-0.3, -0.25) is 0 Å². The molecule has 3 rings (SSSR count). The van der Waals surface area contributed by atoms with E-state index in [0.717, 1.165) is 22.3 Å². The summed E-state index contributed by atoms with van der Waals surface area (Å²) < 4.78 is 5.76. The van der Waals surface area contributed by atoms with E-state index in [1.807, 2.05) is 48.5 Å². The Bertz CT molecular complexity index is 647. The largest absolute Gasteiger partial charge is 0.461 e. The number of benzene rings is 2. The van der Waals surface area contributed by atoms with Gasteiger partial charge in [0.2, 0.25) is 0 Å². The van der Waals surface area contributed by atoms with Crippen LogP contribution in [0.4, 0.5) is 0 Å². The first-order valence-electron chi connectivity index (χ1n) is 5.64. The van der Waals surface area contributed by atoms with Gasteiger partial charge in [0.15, 0.2) is 0 Å². The molecular weight excluding hydrogens is 267 g/mol. The van der Waals surface area contributed by atoms with Crippen molar-refractivity contribution in [2.45, 2.75) is 6.42 Å². The summed E-state index contributed by atoms with van der Waals surface area (Å²) in [6, 6.07) is 15.5. The number of halogens is 2. The maximum atomic E-state index is 6.15. The fraction of sp³-hybridized carbons (Fsp3) is 0.0667. The van der Waals surface area contributed by atoms with Crippen LogP contribution in [0.3, 0.4) is 0 Å². The third-order valence-electron chi connectivity index (χ3n) is 2.89. The quantitative estimate of drug-likeness (QED) is 0.617. The zero-order valence-electron chi connectivity index (χ0n) is 9.49. The van der Waals surface area contributed by atoms with Gasteiger partial charge in [0.05, 0.1) is 0 Å². The van der Waals surface area contributed by atoms with Crippen molar-refractivity contribution in [2.75, 3.05) is 0 Å². The highest BCUT2D eigenvalue weighted by molar-refractivity contribution is 6.36. The van der Waals surface area contributed by atoms with Crippen LogP contribution in [0.2, 0.25) is 10.0 Å².